The van der Waals surface area contributed by atoms with E-state index in [2.05, 4.69) is 11.1 Å². The predicted molar refractivity (Wildman–Crippen MR) is 74.6 cm³/mol. The van der Waals surface area contributed by atoms with Gasteiger partial charge in [0.1, 0.15) is 11.6 Å². The summed E-state index contributed by atoms with van der Waals surface area (Å²) in [5.74, 6) is 1.73. The van der Waals surface area contributed by atoms with E-state index in [1.165, 1.54) is 0 Å². The molecular formula is C15H16N2O2. The van der Waals surface area contributed by atoms with E-state index in [0.717, 1.165) is 41.0 Å². The standard InChI is InChI=1S/C15H16N2O2/c1-3-14(18)17-7-6-11-8-10-4-5-12(19-2)9-13(10)16-15(11)17/h4-5,8-9H,3,6-7H2,1-2H3. The Kier molecular flexibility index (Phi) is 2.85. The molecule has 4 heteroatoms. The highest BCUT2D eigenvalue weighted by Crippen LogP contribution is 2.31. The molecule has 0 bridgehead atoms. The number of benzene rings is 1. The van der Waals surface area contributed by atoms with Crippen LogP contribution in [-0.2, 0) is 11.2 Å². The van der Waals surface area contributed by atoms with Gasteiger partial charge in [-0.2, -0.15) is 0 Å². The average Bonchev–Trinajstić information content (AvgIpc) is 2.86. The molecule has 0 fully saturated rings. The molecule has 1 aromatic carbocycles. The van der Waals surface area contributed by atoms with Crippen LogP contribution in [0.1, 0.15) is 18.9 Å². The third-order valence-electron chi connectivity index (χ3n) is 3.54. The summed E-state index contributed by atoms with van der Waals surface area (Å²) < 4.78 is 5.22. The van der Waals surface area contributed by atoms with Crippen molar-refractivity contribution < 1.29 is 9.53 Å². The Morgan fingerprint density at radius 1 is 1.42 bits per heavy atom. The lowest BCUT2D eigenvalue weighted by atomic mass is 10.1. The van der Waals surface area contributed by atoms with Crippen LogP contribution in [0.5, 0.6) is 5.75 Å². The zero-order valence-corrected chi connectivity index (χ0v) is 11.1. The van der Waals surface area contributed by atoms with Crippen LogP contribution in [-0.4, -0.2) is 24.5 Å². The van der Waals surface area contributed by atoms with E-state index in [-0.39, 0.29) is 5.91 Å². The van der Waals surface area contributed by atoms with Crippen LogP contribution in [0, 0.1) is 0 Å². The molecule has 0 unspecified atom stereocenters. The molecule has 3 rings (SSSR count). The number of carbonyl (C=O) groups is 1. The number of carbonyl (C=O) groups excluding carboxylic acids is 1. The molecule has 0 spiro atoms. The Labute approximate surface area is 112 Å². The molecular weight excluding hydrogens is 240 g/mol. The van der Waals surface area contributed by atoms with Gasteiger partial charge >= 0.3 is 0 Å². The Morgan fingerprint density at radius 2 is 2.26 bits per heavy atom. The minimum absolute atomic E-state index is 0.133. The molecule has 19 heavy (non-hydrogen) atoms. The molecule has 2 aromatic rings. The third kappa shape index (κ3) is 1.93. The number of pyridine rings is 1. The molecule has 1 aliphatic heterocycles. The number of hydrogen-bond acceptors (Lipinski definition) is 3. The fraction of sp³-hybridized carbons (Fsp3) is 0.333. The number of ether oxygens (including phenoxy) is 1. The highest BCUT2D eigenvalue weighted by molar-refractivity contribution is 5.96. The van der Waals surface area contributed by atoms with Gasteiger partial charge in [0, 0.05) is 24.4 Å². The van der Waals surface area contributed by atoms with Crippen molar-refractivity contribution in [1.82, 2.24) is 4.98 Å². The highest BCUT2D eigenvalue weighted by atomic mass is 16.5. The number of rotatable bonds is 2. The highest BCUT2D eigenvalue weighted by Gasteiger charge is 2.25. The van der Waals surface area contributed by atoms with Gasteiger partial charge in [0.2, 0.25) is 5.91 Å². The maximum atomic E-state index is 11.9. The van der Waals surface area contributed by atoms with Crippen molar-refractivity contribution in [3.8, 4) is 5.75 Å². The van der Waals surface area contributed by atoms with Gasteiger partial charge in [-0.05, 0) is 30.2 Å². The number of amides is 1. The van der Waals surface area contributed by atoms with Crippen LogP contribution in [0.3, 0.4) is 0 Å². The summed E-state index contributed by atoms with van der Waals surface area (Å²) in [4.78, 5) is 18.3. The van der Waals surface area contributed by atoms with Crippen molar-refractivity contribution in [3.05, 3.63) is 29.8 Å². The Morgan fingerprint density at radius 3 is 3.00 bits per heavy atom. The predicted octanol–water partition coefficient (Wildman–Crippen LogP) is 2.54. The summed E-state index contributed by atoms with van der Waals surface area (Å²) in [5.41, 5.74) is 2.02. The molecule has 4 nitrogen and oxygen atoms in total. The zero-order chi connectivity index (χ0) is 13.4. The SMILES string of the molecule is CCC(=O)N1CCc2cc3ccc(OC)cc3nc21. The van der Waals surface area contributed by atoms with Crippen LogP contribution in [0.2, 0.25) is 0 Å². The van der Waals surface area contributed by atoms with Gasteiger partial charge in [-0.25, -0.2) is 4.98 Å². The molecule has 0 aliphatic carbocycles. The van der Waals surface area contributed by atoms with E-state index in [9.17, 15) is 4.79 Å². The van der Waals surface area contributed by atoms with E-state index in [0.29, 0.717) is 6.42 Å². The van der Waals surface area contributed by atoms with Gasteiger partial charge in [-0.15, -0.1) is 0 Å². The molecule has 98 valence electrons. The first kappa shape index (κ1) is 12.0. The number of aromatic nitrogens is 1. The fourth-order valence-corrected chi connectivity index (χ4v) is 2.50. The normalized spacial score (nSPS) is 13.7. The van der Waals surface area contributed by atoms with E-state index in [4.69, 9.17) is 4.74 Å². The summed E-state index contributed by atoms with van der Waals surface area (Å²) in [6.07, 6.45) is 1.40. The van der Waals surface area contributed by atoms with Crippen molar-refractivity contribution in [2.24, 2.45) is 0 Å². The molecule has 0 N–H and O–H groups in total. The van der Waals surface area contributed by atoms with Crippen LogP contribution in [0.15, 0.2) is 24.3 Å². The maximum Gasteiger partial charge on any atom is 0.227 e. The van der Waals surface area contributed by atoms with Gasteiger partial charge in [-0.3, -0.25) is 9.69 Å². The second-order valence-electron chi connectivity index (χ2n) is 4.68. The largest absolute Gasteiger partial charge is 0.497 e. The lowest BCUT2D eigenvalue weighted by molar-refractivity contribution is -0.118. The molecule has 0 radical (unpaired) electrons. The minimum atomic E-state index is 0.133. The molecule has 0 saturated heterocycles. The molecule has 2 heterocycles. The van der Waals surface area contributed by atoms with Gasteiger partial charge < -0.3 is 4.74 Å². The summed E-state index contributed by atoms with van der Waals surface area (Å²) in [7, 11) is 1.64. The summed E-state index contributed by atoms with van der Waals surface area (Å²) in [5, 5.41) is 1.09. The molecule has 1 aliphatic rings. The first-order chi connectivity index (χ1) is 9.22. The van der Waals surface area contributed by atoms with E-state index >= 15 is 0 Å². The van der Waals surface area contributed by atoms with Crippen LogP contribution in [0.25, 0.3) is 10.9 Å². The van der Waals surface area contributed by atoms with E-state index < -0.39 is 0 Å². The molecule has 1 amide bonds. The van der Waals surface area contributed by atoms with Crippen molar-refractivity contribution in [1.29, 1.82) is 0 Å². The Bertz CT molecular complexity index is 652. The molecule has 0 atom stereocenters. The molecule has 1 aromatic heterocycles. The third-order valence-corrected chi connectivity index (χ3v) is 3.54. The summed E-state index contributed by atoms with van der Waals surface area (Å²) in [6, 6.07) is 7.97. The van der Waals surface area contributed by atoms with Crippen molar-refractivity contribution >= 4 is 22.6 Å². The fourth-order valence-electron chi connectivity index (χ4n) is 2.50. The average molecular weight is 256 g/mol. The van der Waals surface area contributed by atoms with E-state index in [1.807, 2.05) is 25.1 Å². The number of hydrogen-bond donors (Lipinski definition) is 0. The lowest BCUT2D eigenvalue weighted by Gasteiger charge is -2.15. The number of nitrogens with zero attached hydrogens (tertiary/aromatic N) is 2. The quantitative estimate of drug-likeness (QED) is 0.829. The lowest BCUT2D eigenvalue weighted by Crippen LogP contribution is -2.28. The first-order valence-electron chi connectivity index (χ1n) is 6.51. The van der Waals surface area contributed by atoms with Crippen molar-refractivity contribution in [2.75, 3.05) is 18.6 Å². The van der Waals surface area contributed by atoms with Crippen LogP contribution >= 0.6 is 0 Å². The number of methoxy groups -OCH3 is 1. The summed E-state index contributed by atoms with van der Waals surface area (Å²) >= 11 is 0. The van der Waals surface area contributed by atoms with Gasteiger partial charge in [0.15, 0.2) is 0 Å². The van der Waals surface area contributed by atoms with Crippen LogP contribution in [0.4, 0.5) is 5.82 Å². The van der Waals surface area contributed by atoms with Crippen LogP contribution < -0.4 is 9.64 Å². The van der Waals surface area contributed by atoms with Gasteiger partial charge in [-0.1, -0.05) is 6.92 Å². The second kappa shape index (κ2) is 4.53. The van der Waals surface area contributed by atoms with E-state index in [1.54, 1.807) is 12.0 Å². The monoisotopic (exact) mass is 256 g/mol. The smallest absolute Gasteiger partial charge is 0.227 e. The van der Waals surface area contributed by atoms with Crippen molar-refractivity contribution in [2.45, 2.75) is 19.8 Å². The second-order valence-corrected chi connectivity index (χ2v) is 4.68. The van der Waals surface area contributed by atoms with Gasteiger partial charge in [0.05, 0.1) is 12.6 Å². The van der Waals surface area contributed by atoms with Gasteiger partial charge in [0.25, 0.3) is 0 Å². The Balaban J connectivity index is 2.12. The number of fused-ring (bicyclic) bond motifs is 2. The maximum absolute atomic E-state index is 11.9. The zero-order valence-electron chi connectivity index (χ0n) is 11.1. The minimum Gasteiger partial charge on any atom is -0.497 e. The molecule has 0 saturated carbocycles. The van der Waals surface area contributed by atoms with Crippen molar-refractivity contribution in [3.63, 3.8) is 0 Å². The number of anilines is 1. The first-order valence-corrected chi connectivity index (χ1v) is 6.51. The summed E-state index contributed by atoms with van der Waals surface area (Å²) in [6.45, 7) is 2.62. The Hall–Kier alpha value is -2.10. The topological polar surface area (TPSA) is 42.4 Å².